The molecule has 1 aromatic heterocycles. The van der Waals surface area contributed by atoms with E-state index in [0.717, 1.165) is 27.9 Å². The summed E-state index contributed by atoms with van der Waals surface area (Å²) in [5.74, 6) is 1.01. The van der Waals surface area contributed by atoms with Gasteiger partial charge < -0.3 is 19.7 Å². The van der Waals surface area contributed by atoms with Crippen LogP contribution in [0.2, 0.25) is 0 Å². The van der Waals surface area contributed by atoms with Crippen molar-refractivity contribution >= 4 is 11.8 Å². The maximum atomic E-state index is 13.1. The quantitative estimate of drug-likeness (QED) is 0.579. The van der Waals surface area contributed by atoms with E-state index in [1.165, 1.54) is 0 Å². The minimum absolute atomic E-state index is 0.0421. The predicted molar refractivity (Wildman–Crippen MR) is 123 cm³/mol. The number of fused-ring (bicyclic) bond motifs is 1. The molecule has 33 heavy (non-hydrogen) atoms. The van der Waals surface area contributed by atoms with Crippen LogP contribution in [0, 0.1) is 6.92 Å². The lowest BCUT2D eigenvalue weighted by molar-refractivity contribution is -0.131. The second kappa shape index (κ2) is 9.77. The van der Waals surface area contributed by atoms with E-state index in [-0.39, 0.29) is 18.2 Å². The monoisotopic (exact) mass is 448 g/mol. The minimum Gasteiger partial charge on any atom is -0.497 e. The molecular weight excluding hydrogens is 420 g/mol. The molecule has 0 spiro atoms. The lowest BCUT2D eigenvalue weighted by atomic mass is 10.0. The first kappa shape index (κ1) is 22.4. The number of nitrogens with zero attached hydrogens (tertiary/aromatic N) is 2. The molecule has 2 amide bonds. The Morgan fingerprint density at radius 3 is 2.76 bits per heavy atom. The van der Waals surface area contributed by atoms with Crippen molar-refractivity contribution in [3.05, 3.63) is 76.1 Å². The van der Waals surface area contributed by atoms with Gasteiger partial charge in [-0.1, -0.05) is 29.8 Å². The minimum atomic E-state index is -0.252. The van der Waals surface area contributed by atoms with Crippen LogP contribution in [0.1, 0.15) is 38.4 Å². The molecule has 2 aromatic carbocycles. The number of amides is 2. The Balaban J connectivity index is 1.45. The number of hydrogen-bond donors (Lipinski definition) is 2. The second-order valence-electron chi connectivity index (χ2n) is 8.12. The fourth-order valence-corrected chi connectivity index (χ4v) is 4.08. The first-order chi connectivity index (χ1) is 16.0. The molecule has 2 N–H and O–H groups in total. The van der Waals surface area contributed by atoms with Gasteiger partial charge >= 0.3 is 0 Å². The van der Waals surface area contributed by atoms with Crippen molar-refractivity contribution in [1.82, 2.24) is 20.4 Å². The van der Waals surface area contributed by atoms with Crippen LogP contribution in [0.3, 0.4) is 0 Å². The fraction of sp³-hybridized carbons (Fsp3) is 0.320. The van der Waals surface area contributed by atoms with Gasteiger partial charge in [0.05, 0.1) is 20.6 Å². The predicted octanol–water partition coefficient (Wildman–Crippen LogP) is 2.79. The average Bonchev–Trinajstić information content (AvgIpc) is 3.26. The third kappa shape index (κ3) is 5.00. The number of methoxy groups -OCH3 is 2. The number of carbonyl (C=O) groups is 2. The Hall–Kier alpha value is -3.81. The number of rotatable bonds is 7. The van der Waals surface area contributed by atoms with Crippen LogP contribution >= 0.6 is 0 Å². The Morgan fingerprint density at radius 2 is 2.00 bits per heavy atom. The summed E-state index contributed by atoms with van der Waals surface area (Å²) >= 11 is 0. The lowest BCUT2D eigenvalue weighted by Crippen LogP contribution is -2.37. The smallest absolute Gasteiger partial charge is 0.272 e. The van der Waals surface area contributed by atoms with Crippen molar-refractivity contribution in [2.24, 2.45) is 0 Å². The van der Waals surface area contributed by atoms with E-state index < -0.39 is 0 Å². The average molecular weight is 449 g/mol. The van der Waals surface area contributed by atoms with Gasteiger partial charge in [-0.3, -0.25) is 14.7 Å². The number of carbonyl (C=O) groups excluding carboxylic acids is 2. The third-order valence-electron chi connectivity index (χ3n) is 5.87. The van der Waals surface area contributed by atoms with Crippen LogP contribution in [-0.2, 0) is 30.7 Å². The number of H-pyrrole nitrogens is 1. The van der Waals surface area contributed by atoms with E-state index in [1.807, 2.05) is 37.3 Å². The van der Waals surface area contributed by atoms with Crippen molar-refractivity contribution in [3.63, 3.8) is 0 Å². The highest BCUT2D eigenvalue weighted by atomic mass is 16.5. The molecule has 172 valence electrons. The Labute approximate surface area is 192 Å². The summed E-state index contributed by atoms with van der Waals surface area (Å²) < 4.78 is 10.7. The van der Waals surface area contributed by atoms with Gasteiger partial charge in [0.2, 0.25) is 5.91 Å². The Bertz CT molecular complexity index is 1170. The normalized spacial score (nSPS) is 12.8. The highest BCUT2D eigenvalue weighted by Crippen LogP contribution is 2.26. The highest BCUT2D eigenvalue weighted by Gasteiger charge is 2.28. The highest BCUT2D eigenvalue weighted by molar-refractivity contribution is 5.94. The van der Waals surface area contributed by atoms with Crippen molar-refractivity contribution in [2.45, 2.75) is 32.9 Å². The zero-order valence-corrected chi connectivity index (χ0v) is 19.1. The molecule has 8 nitrogen and oxygen atoms in total. The number of aromatic nitrogens is 2. The van der Waals surface area contributed by atoms with E-state index in [4.69, 9.17) is 9.47 Å². The van der Waals surface area contributed by atoms with Gasteiger partial charge in [0.1, 0.15) is 11.5 Å². The Kier molecular flexibility index (Phi) is 6.63. The summed E-state index contributed by atoms with van der Waals surface area (Å²) in [7, 11) is 3.17. The molecule has 3 aromatic rings. The van der Waals surface area contributed by atoms with Gasteiger partial charge in [-0.2, -0.15) is 5.10 Å². The topological polar surface area (TPSA) is 96.6 Å². The summed E-state index contributed by atoms with van der Waals surface area (Å²) in [4.78, 5) is 27.7. The van der Waals surface area contributed by atoms with Gasteiger partial charge in [-0.15, -0.1) is 0 Å². The van der Waals surface area contributed by atoms with Crippen LogP contribution in [0.25, 0.3) is 0 Å². The first-order valence-corrected chi connectivity index (χ1v) is 10.9. The molecule has 0 aliphatic carbocycles. The van der Waals surface area contributed by atoms with Gasteiger partial charge in [0.25, 0.3) is 5.91 Å². The maximum absolute atomic E-state index is 13.1. The van der Waals surface area contributed by atoms with E-state index in [0.29, 0.717) is 43.2 Å². The third-order valence-corrected chi connectivity index (χ3v) is 5.87. The largest absolute Gasteiger partial charge is 0.497 e. The van der Waals surface area contributed by atoms with Crippen LogP contribution in [0.4, 0.5) is 0 Å². The van der Waals surface area contributed by atoms with Gasteiger partial charge in [-0.25, -0.2) is 0 Å². The number of aromatic amines is 1. The lowest BCUT2D eigenvalue weighted by Gasteiger charge is -2.27. The molecule has 0 atom stereocenters. The number of ether oxygens (including phenoxy) is 2. The fourth-order valence-electron chi connectivity index (χ4n) is 4.08. The summed E-state index contributed by atoms with van der Waals surface area (Å²) in [6.07, 6.45) is 0.803. The van der Waals surface area contributed by atoms with Crippen LogP contribution in [-0.4, -0.2) is 47.7 Å². The number of hydrogen-bond acceptors (Lipinski definition) is 5. The van der Waals surface area contributed by atoms with E-state index in [1.54, 1.807) is 31.3 Å². The van der Waals surface area contributed by atoms with Gasteiger partial charge in [0, 0.05) is 42.9 Å². The molecule has 1 aliphatic heterocycles. The maximum Gasteiger partial charge on any atom is 0.272 e. The summed E-state index contributed by atoms with van der Waals surface area (Å²) in [5.41, 5.74) is 4.94. The van der Waals surface area contributed by atoms with Crippen molar-refractivity contribution in [1.29, 1.82) is 0 Å². The molecule has 0 unspecified atom stereocenters. The molecule has 0 saturated heterocycles. The van der Waals surface area contributed by atoms with Gasteiger partial charge in [0.15, 0.2) is 5.69 Å². The van der Waals surface area contributed by atoms with E-state index in [9.17, 15) is 9.59 Å². The standard InChI is InChI=1S/C25H28N4O4/c1-16-5-4-6-17(11-16)14-26-25(31)24-20-15-29(10-9-21(20)27-28-24)23(30)13-18-12-19(32-2)7-8-22(18)33-3/h4-8,11-12H,9-10,13-15H2,1-3H3,(H,26,31)(H,27,28). The van der Waals surface area contributed by atoms with E-state index in [2.05, 4.69) is 15.5 Å². The molecule has 8 heteroatoms. The zero-order chi connectivity index (χ0) is 23.4. The van der Waals surface area contributed by atoms with Crippen molar-refractivity contribution in [3.8, 4) is 11.5 Å². The summed E-state index contributed by atoms with van der Waals surface area (Å²) in [6, 6.07) is 13.4. The van der Waals surface area contributed by atoms with Crippen molar-refractivity contribution in [2.75, 3.05) is 20.8 Å². The molecule has 4 rings (SSSR count). The molecule has 0 fully saturated rings. The molecular formula is C25H28N4O4. The summed E-state index contributed by atoms with van der Waals surface area (Å²) in [6.45, 7) is 3.33. The van der Waals surface area contributed by atoms with Crippen molar-refractivity contribution < 1.29 is 19.1 Å². The Morgan fingerprint density at radius 1 is 1.15 bits per heavy atom. The number of nitrogens with one attached hydrogen (secondary N) is 2. The molecule has 0 bridgehead atoms. The molecule has 0 saturated carbocycles. The molecule has 2 heterocycles. The number of aryl methyl sites for hydroxylation is 1. The van der Waals surface area contributed by atoms with Crippen LogP contribution in [0.5, 0.6) is 11.5 Å². The zero-order valence-electron chi connectivity index (χ0n) is 19.1. The van der Waals surface area contributed by atoms with E-state index >= 15 is 0 Å². The number of benzene rings is 2. The molecule has 1 aliphatic rings. The first-order valence-electron chi connectivity index (χ1n) is 10.9. The SMILES string of the molecule is COc1ccc(OC)c(CC(=O)N2CCc3[nH]nc(C(=O)NCc4cccc(C)c4)c3C2)c1. The molecule has 0 radical (unpaired) electrons. The van der Waals surface area contributed by atoms with Gasteiger partial charge in [-0.05, 0) is 30.7 Å². The van der Waals surface area contributed by atoms with Crippen LogP contribution in [0.15, 0.2) is 42.5 Å². The second-order valence-corrected chi connectivity index (χ2v) is 8.12. The van der Waals surface area contributed by atoms with Crippen LogP contribution < -0.4 is 14.8 Å². The summed E-state index contributed by atoms with van der Waals surface area (Å²) in [5, 5.41) is 10.2.